The molecule has 0 aliphatic carbocycles. The van der Waals surface area contributed by atoms with Crippen molar-refractivity contribution in [1.29, 1.82) is 0 Å². The van der Waals surface area contributed by atoms with E-state index in [1.54, 1.807) is 0 Å². The Balaban J connectivity index is 2.69. The molecule has 0 heterocycles. The molecule has 2 N–H and O–H groups in total. The van der Waals surface area contributed by atoms with Crippen LogP contribution in [0.1, 0.15) is 37.8 Å². The average molecular weight is 251 g/mol. The van der Waals surface area contributed by atoms with E-state index in [0.717, 1.165) is 23.5 Å². The molecule has 1 unspecified atom stereocenters. The van der Waals surface area contributed by atoms with Crippen LogP contribution in [0.4, 0.5) is 0 Å². The van der Waals surface area contributed by atoms with Gasteiger partial charge in [0.05, 0.1) is 6.61 Å². The fraction of sp³-hybridized carbons (Fsp3) is 0.500. The smallest absolute Gasteiger partial charge is 0.122 e. The van der Waals surface area contributed by atoms with Gasteiger partial charge < -0.3 is 10.5 Å². The maximum absolute atomic E-state index is 5.83. The summed E-state index contributed by atoms with van der Waals surface area (Å²) in [5, 5.41) is 0. The van der Waals surface area contributed by atoms with E-state index >= 15 is 0 Å². The lowest BCUT2D eigenvalue weighted by molar-refractivity contribution is 0.250. The molecule has 0 amide bonds. The first-order valence-corrected chi connectivity index (χ1v) is 6.48. The van der Waals surface area contributed by atoms with Gasteiger partial charge in [0, 0.05) is 5.56 Å². The largest absolute Gasteiger partial charge is 0.493 e. The minimum absolute atomic E-state index is 0.413. The summed E-state index contributed by atoms with van der Waals surface area (Å²) in [6.45, 7) is 7.17. The third-order valence-electron chi connectivity index (χ3n) is 2.78. The first kappa shape index (κ1) is 14.0. The van der Waals surface area contributed by atoms with E-state index in [0.29, 0.717) is 10.9 Å². The van der Waals surface area contributed by atoms with E-state index in [1.807, 2.05) is 25.1 Å². The maximum Gasteiger partial charge on any atom is 0.122 e. The second kappa shape index (κ2) is 6.60. The van der Waals surface area contributed by atoms with Gasteiger partial charge in [0.1, 0.15) is 10.7 Å². The van der Waals surface area contributed by atoms with Gasteiger partial charge in [-0.25, -0.2) is 0 Å². The van der Waals surface area contributed by atoms with Crippen molar-refractivity contribution in [1.82, 2.24) is 0 Å². The molecule has 0 saturated carbocycles. The molecule has 2 nitrogen and oxygen atoms in total. The Kier molecular flexibility index (Phi) is 5.42. The van der Waals surface area contributed by atoms with Gasteiger partial charge in [-0.05, 0) is 30.9 Å². The van der Waals surface area contributed by atoms with Gasteiger partial charge in [-0.1, -0.05) is 44.6 Å². The van der Waals surface area contributed by atoms with Crippen molar-refractivity contribution in [2.45, 2.75) is 33.6 Å². The lowest BCUT2D eigenvalue weighted by atomic mass is 10.1. The van der Waals surface area contributed by atoms with Crippen LogP contribution in [0.2, 0.25) is 0 Å². The zero-order chi connectivity index (χ0) is 12.8. The van der Waals surface area contributed by atoms with Crippen LogP contribution in [-0.2, 0) is 0 Å². The highest BCUT2D eigenvalue weighted by atomic mass is 32.1. The van der Waals surface area contributed by atoms with Crippen LogP contribution in [0, 0.1) is 12.8 Å². The number of aryl methyl sites for hydroxylation is 1. The minimum Gasteiger partial charge on any atom is -0.493 e. The normalized spacial score (nSPS) is 12.2. The molecule has 0 spiro atoms. The summed E-state index contributed by atoms with van der Waals surface area (Å²) in [5.41, 5.74) is 7.60. The van der Waals surface area contributed by atoms with Gasteiger partial charge in [-0.3, -0.25) is 0 Å². The first-order chi connectivity index (χ1) is 8.04. The van der Waals surface area contributed by atoms with Crippen LogP contribution < -0.4 is 10.5 Å². The van der Waals surface area contributed by atoms with Gasteiger partial charge in [0.15, 0.2) is 0 Å². The van der Waals surface area contributed by atoms with E-state index in [2.05, 4.69) is 13.8 Å². The summed E-state index contributed by atoms with van der Waals surface area (Å²) < 4.78 is 5.83. The fourth-order valence-corrected chi connectivity index (χ4v) is 1.84. The Morgan fingerprint density at radius 2 is 2.18 bits per heavy atom. The predicted molar refractivity (Wildman–Crippen MR) is 76.6 cm³/mol. The van der Waals surface area contributed by atoms with Gasteiger partial charge in [0.2, 0.25) is 0 Å². The molecule has 94 valence electrons. The molecule has 0 radical (unpaired) electrons. The molecule has 1 atom stereocenters. The Morgan fingerprint density at radius 3 is 2.76 bits per heavy atom. The third kappa shape index (κ3) is 4.35. The Labute approximate surface area is 109 Å². The highest BCUT2D eigenvalue weighted by Crippen LogP contribution is 2.21. The monoisotopic (exact) mass is 251 g/mol. The summed E-state index contributed by atoms with van der Waals surface area (Å²) in [4.78, 5) is 0.413. The second-order valence-electron chi connectivity index (χ2n) is 4.55. The molecular weight excluding hydrogens is 230 g/mol. The van der Waals surface area contributed by atoms with Crippen LogP contribution in [-0.4, -0.2) is 11.6 Å². The number of hydrogen-bond acceptors (Lipinski definition) is 2. The zero-order valence-corrected chi connectivity index (χ0v) is 11.6. The molecule has 3 heteroatoms. The Bertz CT molecular complexity index is 390. The fourth-order valence-electron chi connectivity index (χ4n) is 1.72. The third-order valence-corrected chi connectivity index (χ3v) is 3.01. The SMILES string of the molecule is CCCC(C)COc1cc(C(N)=S)ccc1C. The van der Waals surface area contributed by atoms with Gasteiger partial charge in [0.25, 0.3) is 0 Å². The summed E-state index contributed by atoms with van der Waals surface area (Å²) in [5.74, 6) is 1.46. The van der Waals surface area contributed by atoms with Gasteiger partial charge in [-0.15, -0.1) is 0 Å². The van der Waals surface area contributed by atoms with Gasteiger partial charge >= 0.3 is 0 Å². The van der Waals surface area contributed by atoms with Gasteiger partial charge in [-0.2, -0.15) is 0 Å². The number of rotatable bonds is 6. The molecule has 0 bridgehead atoms. The van der Waals surface area contributed by atoms with Crippen molar-refractivity contribution in [3.05, 3.63) is 29.3 Å². The summed E-state index contributed by atoms with van der Waals surface area (Å²) in [6, 6.07) is 5.85. The number of thiocarbonyl (C=S) groups is 1. The maximum atomic E-state index is 5.83. The molecule has 0 saturated heterocycles. The zero-order valence-electron chi connectivity index (χ0n) is 10.8. The molecule has 0 fully saturated rings. The predicted octanol–water partition coefficient (Wildman–Crippen LogP) is 3.44. The van der Waals surface area contributed by atoms with E-state index in [1.165, 1.54) is 12.8 Å². The summed E-state index contributed by atoms with van der Waals surface area (Å²) in [7, 11) is 0. The van der Waals surface area contributed by atoms with Crippen LogP contribution in [0.15, 0.2) is 18.2 Å². The number of benzene rings is 1. The second-order valence-corrected chi connectivity index (χ2v) is 4.99. The molecule has 1 aromatic carbocycles. The number of hydrogen-bond donors (Lipinski definition) is 1. The lowest BCUT2D eigenvalue weighted by Crippen LogP contribution is -2.12. The van der Waals surface area contributed by atoms with Crippen molar-refractivity contribution in [3.63, 3.8) is 0 Å². The molecular formula is C14H21NOS. The molecule has 0 aliphatic rings. The van der Waals surface area contributed by atoms with Crippen LogP contribution in [0.5, 0.6) is 5.75 Å². The van der Waals surface area contributed by atoms with Crippen molar-refractivity contribution >= 4 is 17.2 Å². The van der Waals surface area contributed by atoms with Crippen molar-refractivity contribution in [2.75, 3.05) is 6.61 Å². The summed E-state index contributed by atoms with van der Waals surface area (Å²) in [6.07, 6.45) is 2.38. The Morgan fingerprint density at radius 1 is 1.47 bits per heavy atom. The van der Waals surface area contributed by atoms with E-state index in [9.17, 15) is 0 Å². The number of ether oxygens (including phenoxy) is 1. The molecule has 1 rings (SSSR count). The standard InChI is InChI=1S/C14H21NOS/c1-4-5-10(2)9-16-13-8-12(14(15)17)7-6-11(13)3/h6-8,10H,4-5,9H2,1-3H3,(H2,15,17). The van der Waals surface area contributed by atoms with E-state index in [4.69, 9.17) is 22.7 Å². The number of nitrogens with two attached hydrogens (primary N) is 1. The van der Waals surface area contributed by atoms with E-state index < -0.39 is 0 Å². The molecule has 1 aromatic rings. The van der Waals surface area contributed by atoms with Crippen LogP contribution in [0.25, 0.3) is 0 Å². The average Bonchev–Trinajstić information content (AvgIpc) is 2.28. The van der Waals surface area contributed by atoms with Crippen molar-refractivity contribution in [3.8, 4) is 5.75 Å². The topological polar surface area (TPSA) is 35.2 Å². The van der Waals surface area contributed by atoms with Crippen molar-refractivity contribution in [2.24, 2.45) is 11.7 Å². The minimum atomic E-state index is 0.413. The molecule has 0 aliphatic heterocycles. The highest BCUT2D eigenvalue weighted by Gasteiger charge is 2.06. The first-order valence-electron chi connectivity index (χ1n) is 6.07. The van der Waals surface area contributed by atoms with E-state index in [-0.39, 0.29) is 0 Å². The van der Waals surface area contributed by atoms with Crippen LogP contribution >= 0.6 is 12.2 Å². The quantitative estimate of drug-likeness (QED) is 0.787. The lowest BCUT2D eigenvalue weighted by Gasteiger charge is -2.14. The Hall–Kier alpha value is -1.09. The molecule has 0 aromatic heterocycles. The molecule has 17 heavy (non-hydrogen) atoms. The van der Waals surface area contributed by atoms with Crippen molar-refractivity contribution < 1.29 is 4.74 Å². The summed E-state index contributed by atoms with van der Waals surface area (Å²) >= 11 is 4.96. The van der Waals surface area contributed by atoms with Crippen LogP contribution in [0.3, 0.4) is 0 Å². The highest BCUT2D eigenvalue weighted by molar-refractivity contribution is 7.80.